The van der Waals surface area contributed by atoms with Gasteiger partial charge in [0.25, 0.3) is 0 Å². The van der Waals surface area contributed by atoms with Crippen molar-refractivity contribution in [3.8, 4) is 0 Å². The molecule has 1 aliphatic heterocycles. The van der Waals surface area contributed by atoms with Gasteiger partial charge in [-0.25, -0.2) is 9.78 Å². The summed E-state index contributed by atoms with van der Waals surface area (Å²) in [5.74, 6) is -0.110. The van der Waals surface area contributed by atoms with Crippen molar-refractivity contribution in [3.63, 3.8) is 0 Å². The fourth-order valence-corrected chi connectivity index (χ4v) is 2.62. The Hall–Kier alpha value is -2.11. The number of carboxylic acid groups (broad SMARTS) is 1. The van der Waals surface area contributed by atoms with E-state index in [0.29, 0.717) is 5.82 Å². The van der Waals surface area contributed by atoms with Crippen molar-refractivity contribution in [2.45, 2.75) is 32.7 Å². The maximum absolute atomic E-state index is 12.3. The molecule has 0 spiro atoms. The minimum absolute atomic E-state index is 0.0475. The molecule has 1 amide bonds. The smallest absolute Gasteiger partial charge is 0.354 e. The van der Waals surface area contributed by atoms with Gasteiger partial charge in [0.1, 0.15) is 5.82 Å². The van der Waals surface area contributed by atoms with Crippen LogP contribution in [0.2, 0.25) is 0 Å². The fraction of sp³-hybridized carbons (Fsp3) is 0.562. The number of amides is 1. The number of aromatic nitrogens is 1. The lowest BCUT2D eigenvalue weighted by atomic mass is 9.95. The van der Waals surface area contributed by atoms with Crippen molar-refractivity contribution in [1.82, 2.24) is 9.88 Å². The molecule has 120 valence electrons. The van der Waals surface area contributed by atoms with E-state index in [2.05, 4.69) is 4.98 Å². The maximum Gasteiger partial charge on any atom is 0.354 e. The summed E-state index contributed by atoms with van der Waals surface area (Å²) >= 11 is 0. The van der Waals surface area contributed by atoms with Crippen molar-refractivity contribution in [3.05, 3.63) is 23.9 Å². The molecule has 1 saturated heterocycles. The summed E-state index contributed by atoms with van der Waals surface area (Å²) in [5, 5.41) is 9.00. The van der Waals surface area contributed by atoms with Gasteiger partial charge in [-0.2, -0.15) is 0 Å². The number of carbonyl (C=O) groups excluding carboxylic acids is 1. The largest absolute Gasteiger partial charge is 0.477 e. The van der Waals surface area contributed by atoms with E-state index in [1.165, 1.54) is 6.07 Å². The Morgan fingerprint density at radius 2 is 1.95 bits per heavy atom. The molecule has 0 aromatic carbocycles. The Balaban J connectivity index is 1.99. The van der Waals surface area contributed by atoms with Gasteiger partial charge in [0, 0.05) is 32.1 Å². The maximum atomic E-state index is 12.3. The van der Waals surface area contributed by atoms with E-state index in [4.69, 9.17) is 5.11 Å². The Labute approximate surface area is 130 Å². The predicted molar refractivity (Wildman–Crippen MR) is 84.0 cm³/mol. The first-order chi connectivity index (χ1) is 10.4. The lowest BCUT2D eigenvalue weighted by Crippen LogP contribution is -2.43. The van der Waals surface area contributed by atoms with Crippen molar-refractivity contribution in [1.29, 1.82) is 0 Å². The Morgan fingerprint density at radius 1 is 1.32 bits per heavy atom. The highest BCUT2D eigenvalue weighted by atomic mass is 16.4. The number of piperidine rings is 1. The van der Waals surface area contributed by atoms with Crippen molar-refractivity contribution in [2.75, 3.05) is 25.0 Å². The number of nitrogens with zero attached hydrogens (tertiary/aromatic N) is 3. The zero-order valence-electron chi connectivity index (χ0n) is 13.3. The molecule has 0 bridgehead atoms. The van der Waals surface area contributed by atoms with Crippen LogP contribution in [0, 0.1) is 5.92 Å². The third-order valence-electron chi connectivity index (χ3n) is 4.24. The van der Waals surface area contributed by atoms with E-state index in [9.17, 15) is 9.59 Å². The predicted octanol–water partition coefficient (Wildman–Crippen LogP) is 1.86. The molecule has 2 heterocycles. The van der Waals surface area contributed by atoms with E-state index in [0.717, 1.165) is 25.9 Å². The lowest BCUT2D eigenvalue weighted by molar-refractivity contribution is -0.136. The van der Waals surface area contributed by atoms with Crippen LogP contribution in [-0.2, 0) is 4.79 Å². The summed E-state index contributed by atoms with van der Waals surface area (Å²) in [6.07, 6.45) is 1.55. The van der Waals surface area contributed by atoms with Crippen molar-refractivity contribution < 1.29 is 14.7 Å². The molecular weight excluding hydrogens is 282 g/mol. The van der Waals surface area contributed by atoms with Gasteiger partial charge < -0.3 is 14.9 Å². The number of aromatic carboxylic acids is 1. The van der Waals surface area contributed by atoms with E-state index in [1.54, 1.807) is 11.0 Å². The molecule has 0 aliphatic carbocycles. The van der Waals surface area contributed by atoms with Crippen LogP contribution < -0.4 is 4.90 Å². The zero-order valence-corrected chi connectivity index (χ0v) is 13.3. The van der Waals surface area contributed by atoms with Crippen molar-refractivity contribution in [2.24, 2.45) is 5.92 Å². The third kappa shape index (κ3) is 3.55. The number of anilines is 1. The van der Waals surface area contributed by atoms with Crippen LogP contribution in [-0.4, -0.2) is 53.0 Å². The van der Waals surface area contributed by atoms with Crippen LogP contribution in [0.15, 0.2) is 18.2 Å². The Morgan fingerprint density at radius 3 is 2.50 bits per heavy atom. The number of carbonyl (C=O) groups is 2. The average molecular weight is 305 g/mol. The minimum Gasteiger partial charge on any atom is -0.477 e. The van der Waals surface area contributed by atoms with Crippen LogP contribution in [0.1, 0.15) is 37.2 Å². The fourth-order valence-electron chi connectivity index (χ4n) is 2.62. The number of rotatable bonds is 4. The van der Waals surface area contributed by atoms with Gasteiger partial charge in [0.15, 0.2) is 5.69 Å². The lowest BCUT2D eigenvalue weighted by Gasteiger charge is -2.34. The van der Waals surface area contributed by atoms with Gasteiger partial charge in [-0.15, -0.1) is 0 Å². The summed E-state index contributed by atoms with van der Waals surface area (Å²) in [6.45, 7) is 5.46. The van der Waals surface area contributed by atoms with Crippen LogP contribution >= 0.6 is 0 Å². The molecule has 1 aromatic rings. The molecule has 1 N–H and O–H groups in total. The first-order valence-corrected chi connectivity index (χ1v) is 7.62. The molecule has 1 aliphatic rings. The zero-order chi connectivity index (χ0) is 16.3. The molecule has 0 radical (unpaired) electrons. The number of carboxylic acids is 1. The number of pyridine rings is 1. The highest BCUT2D eigenvalue weighted by molar-refractivity contribution is 5.85. The molecule has 0 saturated carbocycles. The van der Waals surface area contributed by atoms with Gasteiger partial charge in [0.05, 0.1) is 0 Å². The topological polar surface area (TPSA) is 73.7 Å². The normalized spacial score (nSPS) is 15.9. The monoisotopic (exact) mass is 305 g/mol. The molecular formula is C16H23N3O3. The second kappa shape index (κ2) is 6.77. The van der Waals surface area contributed by atoms with E-state index in [-0.39, 0.29) is 23.6 Å². The van der Waals surface area contributed by atoms with Crippen LogP contribution in [0.3, 0.4) is 0 Å². The molecule has 0 atom stereocenters. The van der Waals surface area contributed by atoms with E-state index >= 15 is 0 Å². The number of hydrogen-bond acceptors (Lipinski definition) is 4. The first-order valence-electron chi connectivity index (χ1n) is 7.62. The van der Waals surface area contributed by atoms with Gasteiger partial charge in [0.2, 0.25) is 5.91 Å². The Bertz CT molecular complexity index is 551. The summed E-state index contributed by atoms with van der Waals surface area (Å²) in [6, 6.07) is 5.21. The standard InChI is InChI=1S/C16H23N3O3/c1-11(2)18(3)15(20)12-7-9-19(10-8-12)14-6-4-5-13(17-14)16(21)22/h4-6,11-12H,7-10H2,1-3H3,(H,21,22). The number of hydrogen-bond donors (Lipinski definition) is 1. The molecule has 2 rings (SSSR count). The first kappa shape index (κ1) is 16.3. The second-order valence-electron chi connectivity index (χ2n) is 5.99. The quantitative estimate of drug-likeness (QED) is 0.919. The van der Waals surface area contributed by atoms with Crippen LogP contribution in [0.4, 0.5) is 5.82 Å². The van der Waals surface area contributed by atoms with Gasteiger partial charge in [-0.3, -0.25) is 4.79 Å². The third-order valence-corrected chi connectivity index (χ3v) is 4.24. The van der Waals surface area contributed by atoms with Gasteiger partial charge in [-0.05, 0) is 38.8 Å². The van der Waals surface area contributed by atoms with Gasteiger partial charge in [-0.1, -0.05) is 6.07 Å². The van der Waals surface area contributed by atoms with Crippen LogP contribution in [0.5, 0.6) is 0 Å². The molecule has 1 fully saturated rings. The van der Waals surface area contributed by atoms with E-state index < -0.39 is 5.97 Å². The Kier molecular flexibility index (Phi) is 5.00. The second-order valence-corrected chi connectivity index (χ2v) is 5.99. The minimum atomic E-state index is -1.02. The SMILES string of the molecule is CC(C)N(C)C(=O)C1CCN(c2cccc(C(=O)O)n2)CC1. The molecule has 1 aromatic heterocycles. The summed E-state index contributed by atoms with van der Waals surface area (Å²) in [4.78, 5) is 31.3. The van der Waals surface area contributed by atoms with E-state index in [1.807, 2.05) is 31.9 Å². The van der Waals surface area contributed by atoms with Crippen molar-refractivity contribution >= 4 is 17.7 Å². The average Bonchev–Trinajstić information content (AvgIpc) is 2.53. The highest BCUT2D eigenvalue weighted by Gasteiger charge is 2.28. The summed E-state index contributed by atoms with van der Waals surface area (Å²) in [7, 11) is 1.84. The highest BCUT2D eigenvalue weighted by Crippen LogP contribution is 2.23. The molecule has 22 heavy (non-hydrogen) atoms. The molecule has 6 nitrogen and oxygen atoms in total. The molecule has 0 unspecified atom stereocenters. The molecule has 6 heteroatoms. The van der Waals surface area contributed by atoms with Crippen LogP contribution in [0.25, 0.3) is 0 Å². The summed E-state index contributed by atoms with van der Waals surface area (Å²) < 4.78 is 0. The summed E-state index contributed by atoms with van der Waals surface area (Å²) in [5.41, 5.74) is 0.0511. The van der Waals surface area contributed by atoms with Gasteiger partial charge >= 0.3 is 5.97 Å².